The fourth-order valence-electron chi connectivity index (χ4n) is 11.5. The summed E-state index contributed by atoms with van der Waals surface area (Å²) in [6.07, 6.45) is 6.96. The molecule has 8 aromatic rings. The summed E-state index contributed by atoms with van der Waals surface area (Å²) in [4.78, 5) is 88.1. The molecule has 1 N–H and O–H groups in total. The SMILES string of the molecule is C=CC(=O)N1CC(C)N(c2nc(=O)n(-c3c(C)ccnc3C(C)C)c3nc(-c4cc(S(C)(=O)=O)ccc4F)c(Cl)cc23)CC1C.C=CC(=O)N1CC(C)N(c2nc(=O)n(-c3c(C)ccnc3C(C)C)c3nc(-c4ccccc4CO)c(F)cc23)CC1C. The summed E-state index contributed by atoms with van der Waals surface area (Å²) in [5.74, 6) is -1.18. The Kier molecular flexibility index (Phi) is 18.1. The van der Waals surface area contributed by atoms with E-state index in [-0.39, 0.29) is 92.6 Å². The number of aliphatic hydroxyl groups excluding tert-OH is 1. The minimum atomic E-state index is -3.68. The van der Waals surface area contributed by atoms with Crippen molar-refractivity contribution in [2.24, 2.45) is 0 Å². The highest BCUT2D eigenvalue weighted by atomic mass is 35.5. The second kappa shape index (κ2) is 25.0. The van der Waals surface area contributed by atoms with Crippen LogP contribution in [0.1, 0.15) is 95.3 Å². The van der Waals surface area contributed by atoms with Crippen LogP contribution in [0.5, 0.6) is 0 Å². The topological polar surface area (TPSA) is 223 Å². The van der Waals surface area contributed by atoms with E-state index in [1.54, 1.807) is 58.6 Å². The highest BCUT2D eigenvalue weighted by Crippen LogP contribution is 2.39. The van der Waals surface area contributed by atoms with Crippen molar-refractivity contribution < 1.29 is 31.9 Å². The number of rotatable bonds is 12. The molecule has 0 aliphatic carbocycles. The van der Waals surface area contributed by atoms with Crippen molar-refractivity contribution in [3.63, 3.8) is 0 Å². The fraction of sp³-hybridized carbons (Fsp3) is 0.344. The van der Waals surface area contributed by atoms with Crippen molar-refractivity contribution in [2.45, 2.75) is 117 Å². The van der Waals surface area contributed by atoms with Crippen LogP contribution in [0.15, 0.2) is 119 Å². The van der Waals surface area contributed by atoms with Crippen LogP contribution in [-0.2, 0) is 26.0 Å². The highest BCUT2D eigenvalue weighted by molar-refractivity contribution is 7.90. The minimum absolute atomic E-state index is 0.0205. The van der Waals surface area contributed by atoms with Crippen LogP contribution < -0.4 is 21.2 Å². The van der Waals surface area contributed by atoms with Gasteiger partial charge < -0.3 is 24.7 Å². The molecular formula is C64H69ClF2N12O7S. The van der Waals surface area contributed by atoms with E-state index in [1.165, 1.54) is 39.5 Å². The number of hydrogen-bond donors (Lipinski definition) is 1. The monoisotopic (exact) mass is 1220 g/mol. The van der Waals surface area contributed by atoms with Gasteiger partial charge in [-0.25, -0.2) is 45.9 Å². The van der Waals surface area contributed by atoms with Crippen molar-refractivity contribution in [1.29, 1.82) is 0 Å². The Balaban J connectivity index is 0.000000208. The Labute approximate surface area is 508 Å². The molecule has 87 heavy (non-hydrogen) atoms. The van der Waals surface area contributed by atoms with Gasteiger partial charge in [-0.2, -0.15) is 9.97 Å². The summed E-state index contributed by atoms with van der Waals surface area (Å²) in [6, 6.07) is 16.0. The maximum Gasteiger partial charge on any atom is 0.355 e. The summed E-state index contributed by atoms with van der Waals surface area (Å²) >= 11 is 6.80. The third-order valence-electron chi connectivity index (χ3n) is 15.9. The molecule has 0 radical (unpaired) electrons. The molecule has 0 bridgehead atoms. The minimum Gasteiger partial charge on any atom is -0.392 e. The van der Waals surface area contributed by atoms with E-state index in [4.69, 9.17) is 21.6 Å². The van der Waals surface area contributed by atoms with E-state index in [0.717, 1.165) is 23.4 Å². The Morgan fingerprint density at radius 3 is 1.59 bits per heavy atom. The summed E-state index contributed by atoms with van der Waals surface area (Å²) in [5, 5.41) is 10.8. The van der Waals surface area contributed by atoms with Gasteiger partial charge in [0.05, 0.1) is 55.8 Å². The number of carbonyl (C=O) groups is 2. The normalized spacial score (nSPS) is 17.3. The summed E-state index contributed by atoms with van der Waals surface area (Å²) in [6.45, 7) is 27.7. The number of carbonyl (C=O) groups excluding carboxylic acids is 2. The first kappa shape index (κ1) is 62.9. The molecule has 2 fully saturated rings. The number of anilines is 2. The molecule has 0 spiro atoms. The van der Waals surface area contributed by atoms with E-state index >= 15 is 8.78 Å². The lowest BCUT2D eigenvalue weighted by molar-refractivity contribution is -0.129. The molecule has 6 aromatic heterocycles. The average Bonchev–Trinajstić information content (AvgIpc) is 1.35. The second-order valence-electron chi connectivity index (χ2n) is 22.8. The summed E-state index contributed by atoms with van der Waals surface area (Å²) in [7, 11) is -3.68. The van der Waals surface area contributed by atoms with Crippen LogP contribution in [0.3, 0.4) is 0 Å². The molecule has 19 nitrogen and oxygen atoms in total. The van der Waals surface area contributed by atoms with Crippen LogP contribution in [0, 0.1) is 25.5 Å². The number of amides is 2. The van der Waals surface area contributed by atoms with Crippen LogP contribution in [-0.4, -0.2) is 131 Å². The molecular weight excluding hydrogens is 1150 g/mol. The second-order valence-corrected chi connectivity index (χ2v) is 25.3. The van der Waals surface area contributed by atoms with Crippen LogP contribution in [0.25, 0.3) is 56.0 Å². The molecule has 4 atom stereocenters. The van der Waals surface area contributed by atoms with Crippen molar-refractivity contribution in [2.75, 3.05) is 42.2 Å². The summed E-state index contributed by atoms with van der Waals surface area (Å²) < 4.78 is 58.8. The van der Waals surface area contributed by atoms with Gasteiger partial charge >= 0.3 is 11.4 Å². The third kappa shape index (κ3) is 12.0. The number of aromatic nitrogens is 8. The van der Waals surface area contributed by atoms with Gasteiger partial charge in [-0.1, -0.05) is 76.7 Å². The Bertz CT molecular complexity index is 4330. The Hall–Kier alpha value is -8.60. The third-order valence-corrected chi connectivity index (χ3v) is 17.3. The average molecular weight is 1220 g/mol. The number of aryl methyl sites for hydroxylation is 2. The quantitative estimate of drug-likeness (QED) is 0.0888. The fourth-order valence-corrected chi connectivity index (χ4v) is 12.4. The van der Waals surface area contributed by atoms with Gasteiger partial charge in [0.1, 0.15) is 29.0 Å². The van der Waals surface area contributed by atoms with E-state index in [0.29, 0.717) is 82.5 Å². The number of piperazine rings is 2. The lowest BCUT2D eigenvalue weighted by Gasteiger charge is -2.44. The molecule has 2 saturated heterocycles. The van der Waals surface area contributed by atoms with Gasteiger partial charge in [0.2, 0.25) is 11.8 Å². The highest BCUT2D eigenvalue weighted by Gasteiger charge is 2.37. The van der Waals surface area contributed by atoms with E-state index in [2.05, 4.69) is 33.1 Å². The Morgan fingerprint density at radius 1 is 0.655 bits per heavy atom. The zero-order valence-electron chi connectivity index (χ0n) is 50.4. The first-order valence-corrected chi connectivity index (χ1v) is 30.7. The van der Waals surface area contributed by atoms with Gasteiger partial charge in [-0.15, -0.1) is 0 Å². The number of aliphatic hydroxyl groups is 1. The zero-order valence-corrected chi connectivity index (χ0v) is 52.0. The van der Waals surface area contributed by atoms with Crippen LogP contribution in [0.4, 0.5) is 20.4 Å². The van der Waals surface area contributed by atoms with Crippen molar-refractivity contribution in [3.8, 4) is 33.9 Å². The van der Waals surface area contributed by atoms with E-state index in [9.17, 15) is 32.7 Å². The molecule has 2 amide bonds. The molecule has 2 aromatic carbocycles. The number of halogens is 3. The number of benzene rings is 2. The first-order chi connectivity index (χ1) is 41.2. The van der Waals surface area contributed by atoms with Crippen LogP contribution in [0.2, 0.25) is 5.02 Å². The van der Waals surface area contributed by atoms with Gasteiger partial charge in [-0.05, 0) is 125 Å². The molecule has 10 rings (SSSR count). The largest absolute Gasteiger partial charge is 0.392 e. The summed E-state index contributed by atoms with van der Waals surface area (Å²) in [5.41, 5.74) is 3.90. The molecule has 0 saturated carbocycles. The lowest BCUT2D eigenvalue weighted by Crippen LogP contribution is -2.58. The number of hydrogen-bond acceptors (Lipinski definition) is 15. The van der Waals surface area contributed by atoms with Crippen molar-refractivity contribution >= 4 is 67.0 Å². The van der Waals surface area contributed by atoms with Crippen LogP contribution >= 0.6 is 11.6 Å². The standard InChI is InChI=1S/C32H34ClFN6O4S.C32H35FN6O3/c1-8-26(41)38-15-20(6)39(16-19(38)5)30-23-14-24(33)28(22-13-21(45(7,43)44)9-10-25(22)34)36-31(23)40(32(42)37-30)29-18(4)11-12-35-27(29)17(2)3;1-7-26(41)37-15-21(6)38(16-20(37)5)30-24-14-25(33)28(23-11-9-8-10-22(23)17-40)35-31(24)39(32(42)36-30)29-19(4)12-13-34-27(29)18(2)3/h8-14,17,19-20H,1,15-16H2,2-7H3;7-14,18,20-21,40H,1,15-17H2,2-6H3. The van der Waals surface area contributed by atoms with Gasteiger partial charge in [-0.3, -0.25) is 19.6 Å². The number of nitrogens with zero attached hydrogens (tertiary/aromatic N) is 12. The maximum atomic E-state index is 16.0. The van der Waals surface area contributed by atoms with Gasteiger partial charge in [0.15, 0.2) is 21.1 Å². The van der Waals surface area contributed by atoms with Crippen molar-refractivity contribution in [1.82, 2.24) is 48.8 Å². The number of pyridine rings is 4. The van der Waals surface area contributed by atoms with E-state index < -0.39 is 32.9 Å². The number of fused-ring (bicyclic) bond motifs is 2. The van der Waals surface area contributed by atoms with E-state index in [1.807, 2.05) is 85.1 Å². The predicted molar refractivity (Wildman–Crippen MR) is 335 cm³/mol. The molecule has 4 unspecified atom stereocenters. The molecule has 23 heteroatoms. The molecule has 8 heterocycles. The predicted octanol–water partition coefficient (Wildman–Crippen LogP) is 9.60. The maximum absolute atomic E-state index is 16.0. The Morgan fingerprint density at radius 2 is 1.13 bits per heavy atom. The van der Waals surface area contributed by atoms with Crippen molar-refractivity contribution in [3.05, 3.63) is 170 Å². The lowest BCUT2D eigenvalue weighted by atomic mass is 10.0. The molecule has 2 aliphatic heterocycles. The smallest absolute Gasteiger partial charge is 0.355 e. The molecule has 2 aliphatic rings. The molecule has 454 valence electrons. The number of sulfone groups is 1. The zero-order chi connectivity index (χ0) is 63.2. The van der Waals surface area contributed by atoms with Gasteiger partial charge in [0, 0.05) is 80.1 Å². The van der Waals surface area contributed by atoms with Gasteiger partial charge in [0.25, 0.3) is 0 Å². The first-order valence-electron chi connectivity index (χ1n) is 28.5.